The molecule has 2 aromatic carbocycles. The smallest absolute Gasteiger partial charge is 0.239 e. The number of amides is 1. The van der Waals surface area contributed by atoms with Gasteiger partial charge in [-0.2, -0.15) is 0 Å². The Morgan fingerprint density at radius 1 is 1.21 bits per heavy atom. The Morgan fingerprint density at radius 3 is 2.79 bits per heavy atom. The van der Waals surface area contributed by atoms with Crippen LogP contribution in [0.25, 0.3) is 11.4 Å². The van der Waals surface area contributed by atoms with E-state index in [9.17, 15) is 4.79 Å². The topological polar surface area (TPSA) is 94.0 Å². The SMILES string of the molecule is COc1cccc(CNC(=O)CNc2ccc(-c3nnnn3C3CC3)cc2)c1. The van der Waals surface area contributed by atoms with Crippen LogP contribution in [-0.4, -0.2) is 39.8 Å². The van der Waals surface area contributed by atoms with Gasteiger partial charge in [0.25, 0.3) is 0 Å². The van der Waals surface area contributed by atoms with Crippen molar-refractivity contribution in [2.75, 3.05) is 19.0 Å². The molecule has 28 heavy (non-hydrogen) atoms. The number of hydrogen-bond acceptors (Lipinski definition) is 6. The second-order valence-corrected chi connectivity index (χ2v) is 6.74. The Kier molecular flexibility index (Phi) is 5.18. The number of aromatic nitrogens is 4. The molecule has 0 unspecified atom stereocenters. The average molecular weight is 378 g/mol. The van der Waals surface area contributed by atoms with E-state index in [1.807, 2.05) is 53.2 Å². The van der Waals surface area contributed by atoms with Crippen molar-refractivity contribution in [3.05, 3.63) is 54.1 Å². The Hall–Kier alpha value is -3.42. The normalized spacial score (nSPS) is 13.2. The van der Waals surface area contributed by atoms with E-state index < -0.39 is 0 Å². The van der Waals surface area contributed by atoms with E-state index in [2.05, 4.69) is 26.2 Å². The first kappa shape index (κ1) is 18.0. The molecular weight excluding hydrogens is 356 g/mol. The van der Waals surface area contributed by atoms with Gasteiger partial charge in [0.15, 0.2) is 5.82 Å². The lowest BCUT2D eigenvalue weighted by atomic mass is 10.2. The molecule has 3 aromatic rings. The molecule has 2 N–H and O–H groups in total. The molecule has 1 fully saturated rings. The van der Waals surface area contributed by atoms with Crippen LogP contribution in [0.1, 0.15) is 24.4 Å². The largest absolute Gasteiger partial charge is 0.497 e. The number of rotatable bonds is 8. The molecule has 1 saturated carbocycles. The van der Waals surface area contributed by atoms with Gasteiger partial charge in [0.1, 0.15) is 5.75 Å². The van der Waals surface area contributed by atoms with Crippen molar-refractivity contribution >= 4 is 11.6 Å². The predicted molar refractivity (Wildman–Crippen MR) is 105 cm³/mol. The van der Waals surface area contributed by atoms with E-state index >= 15 is 0 Å². The standard InChI is InChI=1S/C20H22N6O2/c1-28-18-4-2-3-14(11-18)12-22-19(27)13-21-16-7-5-15(6-8-16)20-23-24-25-26(20)17-9-10-17/h2-8,11,17,21H,9-10,12-13H2,1H3,(H,22,27). The molecule has 8 nitrogen and oxygen atoms in total. The highest BCUT2D eigenvalue weighted by atomic mass is 16.5. The van der Waals surface area contributed by atoms with Crippen molar-refractivity contribution in [2.45, 2.75) is 25.4 Å². The van der Waals surface area contributed by atoms with Crippen molar-refractivity contribution in [1.82, 2.24) is 25.5 Å². The monoisotopic (exact) mass is 378 g/mol. The minimum atomic E-state index is -0.0791. The summed E-state index contributed by atoms with van der Waals surface area (Å²) in [6, 6.07) is 15.8. The molecule has 4 rings (SSSR count). The fourth-order valence-corrected chi connectivity index (χ4v) is 2.91. The predicted octanol–water partition coefficient (Wildman–Crippen LogP) is 2.41. The van der Waals surface area contributed by atoms with Crippen LogP contribution in [0.4, 0.5) is 5.69 Å². The summed E-state index contributed by atoms with van der Waals surface area (Å²) < 4.78 is 7.07. The molecule has 0 spiro atoms. The minimum absolute atomic E-state index is 0.0791. The highest BCUT2D eigenvalue weighted by Gasteiger charge is 2.28. The highest BCUT2D eigenvalue weighted by molar-refractivity contribution is 5.80. The fraction of sp³-hybridized carbons (Fsp3) is 0.300. The maximum atomic E-state index is 12.1. The molecule has 0 aliphatic heterocycles. The van der Waals surface area contributed by atoms with Crippen molar-refractivity contribution in [2.24, 2.45) is 0 Å². The van der Waals surface area contributed by atoms with Gasteiger partial charge in [-0.25, -0.2) is 4.68 Å². The molecule has 8 heteroatoms. The summed E-state index contributed by atoms with van der Waals surface area (Å²) in [4.78, 5) is 12.1. The summed E-state index contributed by atoms with van der Waals surface area (Å²) in [6.45, 7) is 0.656. The number of benzene rings is 2. The lowest BCUT2D eigenvalue weighted by Gasteiger charge is -2.09. The van der Waals surface area contributed by atoms with Crippen LogP contribution in [-0.2, 0) is 11.3 Å². The van der Waals surface area contributed by atoms with Crippen molar-refractivity contribution in [1.29, 1.82) is 0 Å². The number of ether oxygens (including phenoxy) is 1. The third-order valence-corrected chi connectivity index (χ3v) is 4.61. The van der Waals surface area contributed by atoms with Crippen LogP contribution in [0.15, 0.2) is 48.5 Å². The van der Waals surface area contributed by atoms with E-state index in [0.717, 1.165) is 41.2 Å². The molecule has 144 valence electrons. The Balaban J connectivity index is 1.28. The average Bonchev–Trinajstić information content (AvgIpc) is 3.47. The number of nitrogens with one attached hydrogen (secondary N) is 2. The maximum absolute atomic E-state index is 12.1. The second-order valence-electron chi connectivity index (χ2n) is 6.74. The van der Waals surface area contributed by atoms with Gasteiger partial charge in [-0.1, -0.05) is 12.1 Å². The molecular formula is C20H22N6O2. The highest BCUT2D eigenvalue weighted by Crippen LogP contribution is 2.36. The summed E-state index contributed by atoms with van der Waals surface area (Å²) >= 11 is 0. The molecule has 1 amide bonds. The molecule has 1 heterocycles. The van der Waals surface area contributed by atoms with Crippen molar-refractivity contribution in [3.63, 3.8) is 0 Å². The third kappa shape index (κ3) is 4.28. The minimum Gasteiger partial charge on any atom is -0.497 e. The van der Waals surface area contributed by atoms with Gasteiger partial charge >= 0.3 is 0 Å². The molecule has 1 aliphatic carbocycles. The van der Waals surface area contributed by atoms with Gasteiger partial charge in [0, 0.05) is 17.8 Å². The Bertz CT molecular complexity index is 949. The molecule has 1 aromatic heterocycles. The summed E-state index contributed by atoms with van der Waals surface area (Å²) in [5.74, 6) is 1.48. The van der Waals surface area contributed by atoms with Gasteiger partial charge in [-0.05, 0) is 65.2 Å². The number of carbonyl (C=O) groups excluding carboxylic acids is 1. The number of methoxy groups -OCH3 is 1. The fourth-order valence-electron chi connectivity index (χ4n) is 2.91. The van der Waals surface area contributed by atoms with E-state index in [1.54, 1.807) is 7.11 Å². The van der Waals surface area contributed by atoms with Gasteiger partial charge in [-0.3, -0.25) is 4.79 Å². The first-order chi connectivity index (χ1) is 13.7. The van der Waals surface area contributed by atoms with Crippen molar-refractivity contribution in [3.8, 4) is 17.1 Å². The second kappa shape index (κ2) is 8.08. The van der Waals surface area contributed by atoms with Crippen LogP contribution in [0.5, 0.6) is 5.75 Å². The first-order valence-corrected chi connectivity index (χ1v) is 9.25. The summed E-state index contributed by atoms with van der Waals surface area (Å²) in [5, 5.41) is 18.0. The van der Waals surface area contributed by atoms with E-state index in [4.69, 9.17) is 4.74 Å². The van der Waals surface area contributed by atoms with Crippen LogP contribution in [0, 0.1) is 0 Å². The number of carbonyl (C=O) groups is 1. The lowest BCUT2D eigenvalue weighted by Crippen LogP contribution is -2.29. The molecule has 0 radical (unpaired) electrons. The van der Waals surface area contributed by atoms with E-state index in [-0.39, 0.29) is 12.5 Å². The molecule has 0 bridgehead atoms. The Morgan fingerprint density at radius 2 is 2.04 bits per heavy atom. The Labute approximate surface area is 162 Å². The van der Waals surface area contributed by atoms with Crippen molar-refractivity contribution < 1.29 is 9.53 Å². The van der Waals surface area contributed by atoms with Crippen LogP contribution in [0.2, 0.25) is 0 Å². The number of nitrogens with zero attached hydrogens (tertiary/aromatic N) is 4. The summed E-state index contributed by atoms with van der Waals surface area (Å²) in [6.07, 6.45) is 2.26. The van der Waals surface area contributed by atoms with Gasteiger partial charge in [0.05, 0.1) is 19.7 Å². The zero-order chi connectivity index (χ0) is 19.3. The summed E-state index contributed by atoms with van der Waals surface area (Å²) in [7, 11) is 1.62. The maximum Gasteiger partial charge on any atom is 0.239 e. The first-order valence-electron chi connectivity index (χ1n) is 9.25. The van der Waals surface area contributed by atoms with E-state index in [0.29, 0.717) is 12.6 Å². The van der Waals surface area contributed by atoms with Crippen LogP contribution < -0.4 is 15.4 Å². The quantitative estimate of drug-likeness (QED) is 0.625. The zero-order valence-electron chi connectivity index (χ0n) is 15.6. The third-order valence-electron chi connectivity index (χ3n) is 4.61. The van der Waals surface area contributed by atoms with Gasteiger partial charge < -0.3 is 15.4 Å². The van der Waals surface area contributed by atoms with Crippen LogP contribution >= 0.6 is 0 Å². The molecule has 1 aliphatic rings. The zero-order valence-corrected chi connectivity index (χ0v) is 15.6. The number of anilines is 1. The van der Waals surface area contributed by atoms with E-state index in [1.165, 1.54) is 0 Å². The molecule has 0 atom stereocenters. The lowest BCUT2D eigenvalue weighted by molar-refractivity contribution is -0.119. The van der Waals surface area contributed by atoms with Crippen LogP contribution in [0.3, 0.4) is 0 Å². The summed E-state index contributed by atoms with van der Waals surface area (Å²) in [5.41, 5.74) is 2.82. The molecule has 0 saturated heterocycles. The number of hydrogen-bond donors (Lipinski definition) is 2. The number of tetrazole rings is 1. The van der Waals surface area contributed by atoms with Gasteiger partial charge in [-0.15, -0.1) is 5.10 Å². The van der Waals surface area contributed by atoms with Gasteiger partial charge in [0.2, 0.25) is 5.91 Å².